The summed E-state index contributed by atoms with van der Waals surface area (Å²) < 4.78 is 17.7. The van der Waals surface area contributed by atoms with E-state index >= 15 is 0 Å². The van der Waals surface area contributed by atoms with Crippen LogP contribution >= 0.6 is 0 Å². The Labute approximate surface area is 165 Å². The summed E-state index contributed by atoms with van der Waals surface area (Å²) >= 11 is 0. The van der Waals surface area contributed by atoms with Crippen molar-refractivity contribution in [2.45, 2.75) is 32.0 Å². The monoisotopic (exact) mass is 386 g/mol. The fraction of sp³-hybridized carbons (Fsp3) is 0.381. The summed E-state index contributed by atoms with van der Waals surface area (Å²) in [4.78, 5) is 16.6. The number of nitrogens with one attached hydrogen (secondary N) is 1. The van der Waals surface area contributed by atoms with Gasteiger partial charge in [0.1, 0.15) is 17.3 Å². The first-order chi connectivity index (χ1) is 13.5. The standard InChI is InChI=1S/C21H26N2O5/c1-5-21(25-3)13-12-15-6-9-18(14-19(15)28-21)27-17-10-7-16(8-11-17)22-20(24)23(2)26-4/h7-12,14H,5-6,13H2,1-4H3,(H,22,24). The lowest BCUT2D eigenvalue weighted by molar-refractivity contribution is -0.201. The minimum atomic E-state index is -0.604. The molecule has 1 atom stereocenters. The van der Waals surface area contributed by atoms with Crippen LogP contribution in [0.2, 0.25) is 0 Å². The molecule has 2 amide bonds. The lowest BCUT2D eigenvalue weighted by Gasteiger charge is -2.37. The lowest BCUT2D eigenvalue weighted by atomic mass is 9.96. The zero-order valence-corrected chi connectivity index (χ0v) is 16.7. The number of carbonyl (C=O) groups is 1. The molecule has 0 aromatic heterocycles. The predicted molar refractivity (Wildman–Crippen MR) is 105 cm³/mol. The highest BCUT2D eigenvalue weighted by molar-refractivity contribution is 5.88. The molecule has 150 valence electrons. The number of anilines is 1. The van der Waals surface area contributed by atoms with Crippen LogP contribution in [-0.2, 0) is 14.3 Å². The molecule has 0 bridgehead atoms. The zero-order valence-electron chi connectivity index (χ0n) is 16.7. The fourth-order valence-corrected chi connectivity index (χ4v) is 2.98. The third-order valence-electron chi connectivity index (χ3n) is 4.88. The fourth-order valence-electron chi connectivity index (χ4n) is 2.98. The lowest BCUT2D eigenvalue weighted by Crippen LogP contribution is -2.36. The van der Waals surface area contributed by atoms with E-state index in [1.165, 1.54) is 14.2 Å². The van der Waals surface area contributed by atoms with Gasteiger partial charge in [0.15, 0.2) is 0 Å². The average Bonchev–Trinajstić information content (AvgIpc) is 2.73. The Kier molecular flexibility index (Phi) is 6.06. The van der Waals surface area contributed by atoms with Gasteiger partial charge in [-0.3, -0.25) is 4.84 Å². The molecule has 1 aliphatic carbocycles. The summed E-state index contributed by atoms with van der Waals surface area (Å²) in [5.41, 5.74) is 1.79. The van der Waals surface area contributed by atoms with Crippen LogP contribution in [0.1, 0.15) is 26.2 Å². The number of urea groups is 1. The van der Waals surface area contributed by atoms with Gasteiger partial charge in [0.25, 0.3) is 0 Å². The number of hydroxylamine groups is 2. The van der Waals surface area contributed by atoms with Crippen molar-refractivity contribution in [1.29, 1.82) is 0 Å². The molecule has 1 aromatic rings. The number of hydrogen-bond donors (Lipinski definition) is 1. The summed E-state index contributed by atoms with van der Waals surface area (Å²) in [6, 6.07) is 6.76. The quantitative estimate of drug-likeness (QED) is 0.736. The molecule has 2 aliphatic rings. The van der Waals surface area contributed by atoms with E-state index in [1.54, 1.807) is 31.4 Å². The molecule has 1 aliphatic heterocycles. The Morgan fingerprint density at radius 1 is 1.25 bits per heavy atom. The SMILES string of the molecule is CCC1(OC)CC=C2CC=C(Oc3ccc(NC(=O)N(C)OC)cc3)C=C2O1. The second-order valence-corrected chi connectivity index (χ2v) is 6.56. The van der Waals surface area contributed by atoms with Crippen LogP contribution in [0, 0.1) is 0 Å². The molecule has 7 nitrogen and oxygen atoms in total. The van der Waals surface area contributed by atoms with Gasteiger partial charge in [-0.1, -0.05) is 13.0 Å². The number of nitrogens with zero attached hydrogens (tertiary/aromatic N) is 1. The Morgan fingerprint density at radius 2 is 2.00 bits per heavy atom. The van der Waals surface area contributed by atoms with Gasteiger partial charge in [0.05, 0.1) is 7.11 Å². The largest absolute Gasteiger partial charge is 0.462 e. The summed E-state index contributed by atoms with van der Waals surface area (Å²) in [6.45, 7) is 2.05. The second kappa shape index (κ2) is 8.50. The van der Waals surface area contributed by atoms with Crippen molar-refractivity contribution in [2.75, 3.05) is 26.6 Å². The molecule has 0 radical (unpaired) electrons. The van der Waals surface area contributed by atoms with Crippen LogP contribution < -0.4 is 10.1 Å². The van der Waals surface area contributed by atoms with E-state index in [0.29, 0.717) is 17.2 Å². The molecule has 1 heterocycles. The van der Waals surface area contributed by atoms with E-state index in [4.69, 9.17) is 19.0 Å². The molecule has 0 saturated heterocycles. The maximum absolute atomic E-state index is 11.8. The number of methoxy groups -OCH3 is 1. The van der Waals surface area contributed by atoms with Gasteiger partial charge >= 0.3 is 6.03 Å². The summed E-state index contributed by atoms with van der Waals surface area (Å²) in [6.07, 6.45) is 8.33. The molecule has 1 N–H and O–H groups in total. The maximum atomic E-state index is 11.8. The van der Waals surface area contributed by atoms with Crippen molar-refractivity contribution < 1.29 is 23.8 Å². The number of benzene rings is 1. The molecular weight excluding hydrogens is 360 g/mol. The molecule has 0 saturated carbocycles. The number of fused-ring (bicyclic) bond motifs is 1. The van der Waals surface area contributed by atoms with E-state index in [0.717, 1.165) is 35.7 Å². The van der Waals surface area contributed by atoms with E-state index in [-0.39, 0.29) is 6.03 Å². The Bertz CT molecular complexity index is 807. The van der Waals surface area contributed by atoms with Gasteiger partial charge in [-0.05, 0) is 42.3 Å². The molecule has 0 spiro atoms. The predicted octanol–water partition coefficient (Wildman–Crippen LogP) is 4.36. The highest BCUT2D eigenvalue weighted by Gasteiger charge is 2.35. The molecule has 28 heavy (non-hydrogen) atoms. The first kappa shape index (κ1) is 20.0. The third-order valence-corrected chi connectivity index (χ3v) is 4.88. The summed E-state index contributed by atoms with van der Waals surface area (Å²) in [7, 11) is 4.63. The topological polar surface area (TPSA) is 69.3 Å². The van der Waals surface area contributed by atoms with Crippen LogP contribution in [0.4, 0.5) is 10.5 Å². The first-order valence-electron chi connectivity index (χ1n) is 9.20. The van der Waals surface area contributed by atoms with Gasteiger partial charge in [-0.25, -0.2) is 9.86 Å². The molecule has 1 unspecified atom stereocenters. The Balaban J connectivity index is 1.65. The van der Waals surface area contributed by atoms with Crippen molar-refractivity contribution in [2.24, 2.45) is 0 Å². The highest BCUT2D eigenvalue weighted by Crippen LogP contribution is 2.38. The van der Waals surface area contributed by atoms with Crippen LogP contribution in [0.3, 0.4) is 0 Å². The maximum Gasteiger partial charge on any atom is 0.345 e. The smallest absolute Gasteiger partial charge is 0.345 e. The number of rotatable bonds is 6. The van der Waals surface area contributed by atoms with E-state index < -0.39 is 5.79 Å². The van der Waals surface area contributed by atoms with Crippen LogP contribution in [0.5, 0.6) is 5.75 Å². The first-order valence-corrected chi connectivity index (χ1v) is 9.20. The van der Waals surface area contributed by atoms with E-state index in [1.807, 2.05) is 19.1 Å². The van der Waals surface area contributed by atoms with Crippen molar-refractivity contribution in [3.05, 3.63) is 59.6 Å². The van der Waals surface area contributed by atoms with Gasteiger partial charge < -0.3 is 19.5 Å². The van der Waals surface area contributed by atoms with Crippen molar-refractivity contribution >= 4 is 11.7 Å². The number of allylic oxidation sites excluding steroid dienone is 3. The third kappa shape index (κ3) is 4.37. The summed E-state index contributed by atoms with van der Waals surface area (Å²) in [5, 5.41) is 3.83. The Hall–Kier alpha value is -2.77. The summed E-state index contributed by atoms with van der Waals surface area (Å²) in [5.74, 6) is 1.57. The molecular formula is C21H26N2O5. The zero-order chi connectivity index (χ0) is 20.1. The van der Waals surface area contributed by atoms with Crippen molar-refractivity contribution in [1.82, 2.24) is 5.06 Å². The Morgan fingerprint density at radius 3 is 2.64 bits per heavy atom. The number of hydrogen-bond acceptors (Lipinski definition) is 5. The normalized spacial score (nSPS) is 20.8. The van der Waals surface area contributed by atoms with Gasteiger partial charge in [-0.2, -0.15) is 0 Å². The van der Waals surface area contributed by atoms with Gasteiger partial charge in [0, 0.05) is 38.8 Å². The van der Waals surface area contributed by atoms with Gasteiger partial charge in [-0.15, -0.1) is 0 Å². The average molecular weight is 386 g/mol. The van der Waals surface area contributed by atoms with Crippen molar-refractivity contribution in [3.8, 4) is 5.75 Å². The van der Waals surface area contributed by atoms with Gasteiger partial charge in [0.2, 0.25) is 5.79 Å². The number of ether oxygens (including phenoxy) is 3. The highest BCUT2D eigenvalue weighted by atomic mass is 16.7. The molecule has 0 fully saturated rings. The molecule has 1 aromatic carbocycles. The van der Waals surface area contributed by atoms with Crippen LogP contribution in [0.25, 0.3) is 0 Å². The number of amides is 2. The minimum Gasteiger partial charge on any atom is -0.462 e. The van der Waals surface area contributed by atoms with Crippen LogP contribution in [0.15, 0.2) is 59.6 Å². The van der Waals surface area contributed by atoms with E-state index in [2.05, 4.69) is 11.4 Å². The van der Waals surface area contributed by atoms with Crippen molar-refractivity contribution in [3.63, 3.8) is 0 Å². The molecule has 7 heteroatoms. The molecule has 3 rings (SSSR count). The van der Waals surface area contributed by atoms with E-state index in [9.17, 15) is 4.79 Å². The second-order valence-electron chi connectivity index (χ2n) is 6.56. The minimum absolute atomic E-state index is 0.359. The van der Waals surface area contributed by atoms with Crippen LogP contribution in [-0.4, -0.2) is 38.1 Å². The number of carbonyl (C=O) groups excluding carboxylic acids is 1.